The van der Waals surface area contributed by atoms with Crippen LogP contribution in [0.25, 0.3) is 0 Å². The average molecular weight is 377 g/mol. The van der Waals surface area contributed by atoms with E-state index in [2.05, 4.69) is 0 Å². The highest BCUT2D eigenvalue weighted by Crippen LogP contribution is 2.43. The van der Waals surface area contributed by atoms with Crippen molar-refractivity contribution in [1.82, 2.24) is 4.31 Å². The molecular weight excluding hydrogens is 356 g/mol. The number of hydrogen-bond donors (Lipinski definition) is 0. The molecule has 0 saturated carbocycles. The van der Waals surface area contributed by atoms with Crippen LogP contribution in [-0.2, 0) is 14.8 Å². The predicted octanol–water partition coefficient (Wildman–Crippen LogP) is 2.87. The second-order valence-corrected chi connectivity index (χ2v) is 10.1. The first-order valence-electron chi connectivity index (χ1n) is 8.30. The highest BCUT2D eigenvalue weighted by Gasteiger charge is 2.50. The van der Waals surface area contributed by atoms with Gasteiger partial charge < -0.3 is 4.90 Å². The van der Waals surface area contributed by atoms with E-state index >= 15 is 0 Å². The Kier molecular flexibility index (Phi) is 3.97. The normalized spacial score (nSPS) is 24.5. The van der Waals surface area contributed by atoms with Crippen LogP contribution in [0.15, 0.2) is 46.0 Å². The van der Waals surface area contributed by atoms with Gasteiger partial charge in [-0.15, -0.1) is 11.3 Å². The number of rotatable bonds is 3. The van der Waals surface area contributed by atoms with Crippen LogP contribution >= 0.6 is 11.3 Å². The van der Waals surface area contributed by atoms with Crippen molar-refractivity contribution in [3.05, 3.63) is 47.3 Å². The van der Waals surface area contributed by atoms with Gasteiger partial charge in [0.1, 0.15) is 4.21 Å². The third kappa shape index (κ3) is 2.90. The third-order valence-electron chi connectivity index (χ3n) is 5.16. The summed E-state index contributed by atoms with van der Waals surface area (Å²) in [6.45, 7) is 3.50. The Morgan fingerprint density at radius 3 is 2.56 bits per heavy atom. The summed E-state index contributed by atoms with van der Waals surface area (Å²) in [5.74, 6) is 0.0826. The fourth-order valence-electron chi connectivity index (χ4n) is 3.77. The molecule has 5 nitrogen and oxygen atoms in total. The molecule has 0 aliphatic carbocycles. The largest absolute Gasteiger partial charge is 0.312 e. The molecule has 2 aliphatic heterocycles. The lowest BCUT2D eigenvalue weighted by Gasteiger charge is -2.24. The summed E-state index contributed by atoms with van der Waals surface area (Å²) in [6, 6.07) is 11.3. The molecule has 0 bridgehead atoms. The van der Waals surface area contributed by atoms with Gasteiger partial charge in [-0.1, -0.05) is 23.8 Å². The molecule has 1 atom stereocenters. The monoisotopic (exact) mass is 376 g/mol. The van der Waals surface area contributed by atoms with Crippen LogP contribution in [0, 0.1) is 12.3 Å². The molecule has 4 rings (SSSR count). The van der Waals surface area contributed by atoms with E-state index in [-0.39, 0.29) is 11.3 Å². The summed E-state index contributed by atoms with van der Waals surface area (Å²) in [5, 5.41) is 1.77. The molecule has 1 unspecified atom stereocenters. The Morgan fingerprint density at radius 1 is 1.12 bits per heavy atom. The van der Waals surface area contributed by atoms with E-state index in [0.29, 0.717) is 30.3 Å². The molecule has 0 N–H and O–H groups in total. The lowest BCUT2D eigenvalue weighted by Crippen LogP contribution is -2.34. The molecule has 1 amide bonds. The Balaban J connectivity index is 1.55. The SMILES string of the molecule is Cc1ccc(N2CC3(CCN(S(=O)(=O)c4cccs4)C3)CC2=O)cc1. The molecule has 1 aromatic heterocycles. The molecule has 1 aromatic carbocycles. The summed E-state index contributed by atoms with van der Waals surface area (Å²) in [4.78, 5) is 14.4. The maximum absolute atomic E-state index is 12.7. The van der Waals surface area contributed by atoms with Crippen molar-refractivity contribution in [1.29, 1.82) is 0 Å². The van der Waals surface area contributed by atoms with Crippen LogP contribution in [0.4, 0.5) is 5.69 Å². The van der Waals surface area contributed by atoms with Gasteiger partial charge in [-0.2, -0.15) is 4.31 Å². The average Bonchev–Trinajstić information content (AvgIpc) is 3.30. The molecule has 2 aromatic rings. The van der Waals surface area contributed by atoms with Crippen LogP contribution in [-0.4, -0.2) is 38.3 Å². The number of amides is 1. The second-order valence-electron chi connectivity index (χ2n) is 7.01. The number of thiophene rings is 1. The quantitative estimate of drug-likeness (QED) is 0.828. The lowest BCUT2D eigenvalue weighted by molar-refractivity contribution is -0.117. The van der Waals surface area contributed by atoms with E-state index in [0.717, 1.165) is 17.7 Å². The minimum atomic E-state index is -3.44. The van der Waals surface area contributed by atoms with E-state index in [1.807, 2.05) is 31.2 Å². The highest BCUT2D eigenvalue weighted by molar-refractivity contribution is 7.91. The number of hydrogen-bond acceptors (Lipinski definition) is 4. The number of nitrogens with zero attached hydrogens (tertiary/aromatic N) is 2. The molecule has 2 aliphatic rings. The van der Waals surface area contributed by atoms with E-state index in [9.17, 15) is 13.2 Å². The zero-order valence-electron chi connectivity index (χ0n) is 14.0. The van der Waals surface area contributed by atoms with Gasteiger partial charge in [0.05, 0.1) is 0 Å². The van der Waals surface area contributed by atoms with Crippen LogP contribution in [0.3, 0.4) is 0 Å². The number of benzene rings is 1. The smallest absolute Gasteiger partial charge is 0.252 e. The summed E-state index contributed by atoms with van der Waals surface area (Å²) >= 11 is 1.24. The molecule has 25 heavy (non-hydrogen) atoms. The minimum Gasteiger partial charge on any atom is -0.312 e. The fourth-order valence-corrected chi connectivity index (χ4v) is 6.46. The lowest BCUT2D eigenvalue weighted by atomic mass is 9.86. The topological polar surface area (TPSA) is 57.7 Å². The van der Waals surface area contributed by atoms with E-state index in [1.54, 1.807) is 26.7 Å². The Morgan fingerprint density at radius 2 is 1.88 bits per heavy atom. The predicted molar refractivity (Wildman–Crippen MR) is 98.3 cm³/mol. The fraction of sp³-hybridized carbons (Fsp3) is 0.389. The van der Waals surface area contributed by atoms with Gasteiger partial charge in [0.2, 0.25) is 5.91 Å². The summed E-state index contributed by atoms with van der Waals surface area (Å²) in [7, 11) is -3.44. The van der Waals surface area contributed by atoms with Crippen molar-refractivity contribution in [2.45, 2.75) is 24.0 Å². The second kappa shape index (κ2) is 5.93. The standard InChI is InChI=1S/C18H20N2O3S2/c1-14-4-6-15(7-5-14)20-13-18(11-16(20)21)8-9-19(12-18)25(22,23)17-3-2-10-24-17/h2-7,10H,8-9,11-13H2,1H3. The van der Waals surface area contributed by atoms with Crippen molar-refractivity contribution >= 4 is 33.0 Å². The van der Waals surface area contributed by atoms with Gasteiger partial charge in [-0.3, -0.25) is 4.79 Å². The Bertz CT molecular complexity index is 891. The van der Waals surface area contributed by atoms with Gasteiger partial charge in [0.15, 0.2) is 0 Å². The highest BCUT2D eigenvalue weighted by atomic mass is 32.2. The van der Waals surface area contributed by atoms with E-state index < -0.39 is 10.0 Å². The number of aryl methyl sites for hydroxylation is 1. The van der Waals surface area contributed by atoms with Gasteiger partial charge in [-0.05, 0) is 36.9 Å². The van der Waals surface area contributed by atoms with Crippen LogP contribution < -0.4 is 4.90 Å². The van der Waals surface area contributed by atoms with E-state index in [4.69, 9.17) is 0 Å². The van der Waals surface area contributed by atoms with Crippen molar-refractivity contribution in [3.63, 3.8) is 0 Å². The Hall–Kier alpha value is -1.70. The first-order chi connectivity index (χ1) is 11.9. The molecule has 0 radical (unpaired) electrons. The summed E-state index contributed by atoms with van der Waals surface area (Å²) in [6.07, 6.45) is 1.14. The van der Waals surface area contributed by atoms with Gasteiger partial charge in [0.25, 0.3) is 10.0 Å². The zero-order chi connectivity index (χ0) is 17.7. The Labute approximate surface area is 151 Å². The molecule has 3 heterocycles. The van der Waals surface area contributed by atoms with Crippen LogP contribution in [0.2, 0.25) is 0 Å². The first kappa shape index (κ1) is 16.8. The summed E-state index contributed by atoms with van der Waals surface area (Å²) in [5.41, 5.74) is 1.78. The maximum atomic E-state index is 12.7. The van der Waals surface area contributed by atoms with Crippen molar-refractivity contribution in [3.8, 4) is 0 Å². The van der Waals surface area contributed by atoms with Gasteiger partial charge in [-0.25, -0.2) is 8.42 Å². The van der Waals surface area contributed by atoms with Gasteiger partial charge in [0, 0.05) is 37.2 Å². The number of carbonyl (C=O) groups excluding carboxylic acids is 1. The van der Waals surface area contributed by atoms with Crippen molar-refractivity contribution in [2.24, 2.45) is 5.41 Å². The number of sulfonamides is 1. The van der Waals surface area contributed by atoms with Crippen LogP contribution in [0.1, 0.15) is 18.4 Å². The summed E-state index contributed by atoms with van der Waals surface area (Å²) < 4.78 is 27.4. The zero-order valence-corrected chi connectivity index (χ0v) is 15.6. The van der Waals surface area contributed by atoms with Crippen molar-refractivity contribution in [2.75, 3.05) is 24.5 Å². The third-order valence-corrected chi connectivity index (χ3v) is 8.38. The first-order valence-corrected chi connectivity index (χ1v) is 10.6. The number of carbonyl (C=O) groups is 1. The van der Waals surface area contributed by atoms with Crippen molar-refractivity contribution < 1.29 is 13.2 Å². The minimum absolute atomic E-state index is 0.0826. The molecule has 2 fully saturated rings. The molecule has 132 valence electrons. The molecule has 7 heteroatoms. The van der Waals surface area contributed by atoms with E-state index in [1.165, 1.54) is 11.3 Å². The maximum Gasteiger partial charge on any atom is 0.252 e. The van der Waals surface area contributed by atoms with Gasteiger partial charge >= 0.3 is 0 Å². The molecule has 1 spiro atoms. The molecular formula is C18H20N2O3S2. The number of anilines is 1. The van der Waals surface area contributed by atoms with Crippen LogP contribution in [0.5, 0.6) is 0 Å². The molecule has 2 saturated heterocycles.